The lowest BCUT2D eigenvalue weighted by Gasteiger charge is -2.12. The number of nitrogens with zero attached hydrogens (tertiary/aromatic N) is 2. The largest absolute Gasteiger partial charge is 0.480 e. The summed E-state index contributed by atoms with van der Waals surface area (Å²) in [5, 5.41) is 26.0. The van der Waals surface area contributed by atoms with E-state index < -0.39 is 24.6 Å². The van der Waals surface area contributed by atoms with E-state index >= 15 is 0 Å². The highest BCUT2D eigenvalue weighted by Crippen LogP contribution is 1.92. The van der Waals surface area contributed by atoms with Crippen molar-refractivity contribution >= 4 is 12.0 Å². The first-order valence-electron chi connectivity index (χ1n) is 5.40. The molecule has 0 spiro atoms. The van der Waals surface area contributed by atoms with Gasteiger partial charge in [-0.15, -0.1) is 0 Å². The lowest BCUT2D eigenvalue weighted by molar-refractivity contribution is -0.140. The number of amides is 2. The summed E-state index contributed by atoms with van der Waals surface area (Å²) in [6.45, 7) is 2.05. The smallest absolute Gasteiger partial charge is 0.328 e. The van der Waals surface area contributed by atoms with Crippen LogP contribution in [0.4, 0.5) is 4.79 Å². The molecule has 100 valence electrons. The van der Waals surface area contributed by atoms with E-state index in [4.69, 9.17) is 10.2 Å². The molecule has 1 heterocycles. The number of aliphatic carboxylic acids is 1. The van der Waals surface area contributed by atoms with Crippen LogP contribution in [0.5, 0.6) is 0 Å². The zero-order valence-electron chi connectivity index (χ0n) is 9.96. The molecule has 0 radical (unpaired) electrons. The molecule has 1 atom stereocenters. The molecule has 1 aromatic heterocycles. The highest BCUT2D eigenvalue weighted by Gasteiger charge is 2.17. The Hall–Kier alpha value is -2.09. The fourth-order valence-corrected chi connectivity index (χ4v) is 1.27. The van der Waals surface area contributed by atoms with Crippen LogP contribution >= 0.6 is 0 Å². The summed E-state index contributed by atoms with van der Waals surface area (Å²) in [5.41, 5.74) is 1.02. The number of aromatic nitrogens is 2. The number of carboxylic acid groups (broad SMARTS) is 1. The molecule has 0 bridgehead atoms. The number of rotatable bonds is 6. The molecule has 1 rings (SSSR count). The molecule has 1 aromatic rings. The number of carbonyl (C=O) groups is 2. The van der Waals surface area contributed by atoms with Gasteiger partial charge in [0.1, 0.15) is 0 Å². The summed E-state index contributed by atoms with van der Waals surface area (Å²) in [7, 11) is 0. The Kier molecular flexibility index (Phi) is 5.12. The summed E-state index contributed by atoms with van der Waals surface area (Å²) >= 11 is 0. The van der Waals surface area contributed by atoms with Gasteiger partial charge in [-0.2, -0.15) is 5.10 Å². The van der Waals surface area contributed by atoms with Crippen molar-refractivity contribution in [3.8, 4) is 0 Å². The third kappa shape index (κ3) is 4.42. The summed E-state index contributed by atoms with van der Waals surface area (Å²) in [6, 6.07) is -1.93. The topological polar surface area (TPSA) is 116 Å². The Balaban J connectivity index is 2.26. The van der Waals surface area contributed by atoms with Crippen molar-refractivity contribution in [2.75, 3.05) is 13.2 Å². The maximum atomic E-state index is 11.3. The van der Waals surface area contributed by atoms with E-state index in [1.807, 2.05) is 13.1 Å². The average molecular weight is 256 g/mol. The van der Waals surface area contributed by atoms with Crippen LogP contribution < -0.4 is 10.6 Å². The Bertz CT molecular complexity index is 418. The van der Waals surface area contributed by atoms with Crippen LogP contribution in [0.1, 0.15) is 5.56 Å². The number of urea groups is 1. The molecule has 0 fully saturated rings. The molecule has 0 aliphatic carbocycles. The number of nitrogens with one attached hydrogen (secondary N) is 2. The minimum absolute atomic E-state index is 0.310. The van der Waals surface area contributed by atoms with Crippen LogP contribution in [0.25, 0.3) is 0 Å². The van der Waals surface area contributed by atoms with E-state index in [0.717, 1.165) is 5.56 Å². The molecule has 0 unspecified atom stereocenters. The van der Waals surface area contributed by atoms with Gasteiger partial charge in [0.25, 0.3) is 0 Å². The average Bonchev–Trinajstić information content (AvgIpc) is 2.71. The Morgan fingerprint density at radius 1 is 1.56 bits per heavy atom. The van der Waals surface area contributed by atoms with Gasteiger partial charge >= 0.3 is 12.0 Å². The van der Waals surface area contributed by atoms with E-state index in [-0.39, 0.29) is 0 Å². The molecule has 18 heavy (non-hydrogen) atoms. The third-order valence-electron chi connectivity index (χ3n) is 2.17. The molecule has 8 heteroatoms. The van der Waals surface area contributed by atoms with Gasteiger partial charge in [-0.3, -0.25) is 4.68 Å². The van der Waals surface area contributed by atoms with Crippen LogP contribution in [0, 0.1) is 6.92 Å². The zero-order valence-corrected chi connectivity index (χ0v) is 9.96. The predicted molar refractivity (Wildman–Crippen MR) is 62.0 cm³/mol. The standard InChI is InChI=1S/C10H16N4O4/c1-7-4-12-14(5-7)3-2-11-10(18)13-8(6-15)9(16)17/h4-5,8,15H,2-3,6H2,1H3,(H,16,17)(H2,11,13,18)/t8-/m1/s1. The van der Waals surface area contributed by atoms with Gasteiger partial charge in [0, 0.05) is 12.7 Å². The van der Waals surface area contributed by atoms with Gasteiger partial charge in [-0.1, -0.05) is 0 Å². The normalized spacial score (nSPS) is 11.9. The SMILES string of the molecule is Cc1cnn(CCNC(=O)N[C@H](CO)C(=O)O)c1. The molecular weight excluding hydrogens is 240 g/mol. The van der Waals surface area contributed by atoms with Crippen LogP contribution in [0.2, 0.25) is 0 Å². The lowest BCUT2D eigenvalue weighted by Crippen LogP contribution is -2.48. The van der Waals surface area contributed by atoms with Crippen LogP contribution in [0.15, 0.2) is 12.4 Å². The van der Waals surface area contributed by atoms with Crippen molar-refractivity contribution in [2.45, 2.75) is 19.5 Å². The molecule has 0 aromatic carbocycles. The maximum Gasteiger partial charge on any atom is 0.328 e. The van der Waals surface area contributed by atoms with Crippen molar-refractivity contribution in [1.29, 1.82) is 0 Å². The van der Waals surface area contributed by atoms with Gasteiger partial charge in [-0.05, 0) is 12.5 Å². The zero-order chi connectivity index (χ0) is 13.5. The van der Waals surface area contributed by atoms with Crippen LogP contribution in [-0.2, 0) is 11.3 Å². The number of aryl methyl sites for hydroxylation is 1. The number of aliphatic hydroxyl groups is 1. The van der Waals surface area contributed by atoms with Crippen LogP contribution in [-0.4, -0.2) is 51.2 Å². The molecule has 2 amide bonds. The fourth-order valence-electron chi connectivity index (χ4n) is 1.27. The summed E-state index contributed by atoms with van der Waals surface area (Å²) in [4.78, 5) is 21.8. The first-order chi connectivity index (χ1) is 8.52. The molecule has 0 saturated carbocycles. The minimum atomic E-state index is -1.29. The second kappa shape index (κ2) is 6.60. The van der Waals surface area contributed by atoms with Crippen molar-refractivity contribution < 1.29 is 19.8 Å². The van der Waals surface area contributed by atoms with Gasteiger partial charge < -0.3 is 20.8 Å². The first-order valence-corrected chi connectivity index (χ1v) is 5.40. The third-order valence-corrected chi connectivity index (χ3v) is 2.17. The van der Waals surface area contributed by atoms with Gasteiger partial charge in [0.05, 0.1) is 19.3 Å². The maximum absolute atomic E-state index is 11.3. The summed E-state index contributed by atoms with van der Waals surface area (Å²) in [6.07, 6.45) is 3.53. The number of hydrogen-bond acceptors (Lipinski definition) is 4. The molecular formula is C10H16N4O4. The van der Waals surface area contributed by atoms with Crippen molar-refractivity contribution in [3.05, 3.63) is 18.0 Å². The Labute approximate surface area is 104 Å². The number of carbonyl (C=O) groups excluding carboxylic acids is 1. The number of aliphatic hydroxyl groups excluding tert-OH is 1. The number of carboxylic acids is 1. The molecule has 0 saturated heterocycles. The van der Waals surface area contributed by atoms with E-state index in [1.54, 1.807) is 10.9 Å². The van der Waals surface area contributed by atoms with Crippen molar-refractivity contribution in [1.82, 2.24) is 20.4 Å². The first kappa shape index (κ1) is 14.0. The highest BCUT2D eigenvalue weighted by atomic mass is 16.4. The lowest BCUT2D eigenvalue weighted by atomic mass is 10.3. The van der Waals surface area contributed by atoms with Crippen LogP contribution in [0.3, 0.4) is 0 Å². The van der Waals surface area contributed by atoms with Gasteiger partial charge in [0.15, 0.2) is 6.04 Å². The van der Waals surface area contributed by atoms with E-state index in [9.17, 15) is 9.59 Å². The number of hydrogen-bond donors (Lipinski definition) is 4. The highest BCUT2D eigenvalue weighted by molar-refractivity contribution is 5.82. The Morgan fingerprint density at radius 2 is 2.28 bits per heavy atom. The quantitative estimate of drug-likeness (QED) is 0.517. The van der Waals surface area contributed by atoms with Crippen molar-refractivity contribution in [2.24, 2.45) is 0 Å². The second-order valence-electron chi connectivity index (χ2n) is 3.75. The summed E-state index contributed by atoms with van der Waals surface area (Å²) < 4.78 is 1.66. The van der Waals surface area contributed by atoms with Gasteiger partial charge in [-0.25, -0.2) is 9.59 Å². The monoisotopic (exact) mass is 256 g/mol. The van der Waals surface area contributed by atoms with Crippen molar-refractivity contribution in [3.63, 3.8) is 0 Å². The summed E-state index contributed by atoms with van der Waals surface area (Å²) in [5.74, 6) is -1.28. The molecule has 4 N–H and O–H groups in total. The van der Waals surface area contributed by atoms with E-state index in [0.29, 0.717) is 13.1 Å². The Morgan fingerprint density at radius 3 is 2.78 bits per heavy atom. The molecule has 0 aliphatic rings. The molecule has 0 aliphatic heterocycles. The predicted octanol–water partition coefficient (Wildman–Crippen LogP) is -1.06. The second-order valence-corrected chi connectivity index (χ2v) is 3.75. The molecule has 8 nitrogen and oxygen atoms in total. The van der Waals surface area contributed by atoms with E-state index in [1.165, 1.54) is 0 Å². The van der Waals surface area contributed by atoms with Gasteiger partial charge in [0.2, 0.25) is 0 Å². The fraction of sp³-hybridized carbons (Fsp3) is 0.500. The van der Waals surface area contributed by atoms with E-state index in [2.05, 4.69) is 15.7 Å². The minimum Gasteiger partial charge on any atom is -0.480 e.